The third kappa shape index (κ3) is 4.08. The van der Waals surface area contributed by atoms with Crippen molar-refractivity contribution in [2.45, 2.75) is 28.5 Å². The third-order valence-electron chi connectivity index (χ3n) is 9.53. The average Bonchev–Trinajstić information content (AvgIpc) is 3.36. The minimum atomic E-state index is -2.17. The van der Waals surface area contributed by atoms with E-state index in [1.807, 2.05) is 0 Å². The molecule has 2 aliphatic heterocycles. The van der Waals surface area contributed by atoms with E-state index < -0.39 is 57.0 Å². The van der Waals surface area contributed by atoms with Gasteiger partial charge in [0.1, 0.15) is 17.3 Å². The second-order valence-corrected chi connectivity index (χ2v) is 13.8. The molecule has 4 amide bonds. The van der Waals surface area contributed by atoms with Crippen molar-refractivity contribution in [2.24, 2.45) is 17.8 Å². The van der Waals surface area contributed by atoms with E-state index in [1.54, 1.807) is 30.3 Å². The molecule has 0 spiro atoms. The summed E-state index contributed by atoms with van der Waals surface area (Å²) in [4.78, 5) is 54.3. The van der Waals surface area contributed by atoms with Crippen molar-refractivity contribution >= 4 is 74.1 Å². The standard InChI is InChI=1S/C33H24BrCl2FN2O6/c1-45-20-10-13-25(40)23(14-20)27-21-11-12-22-26(29(42)38(28(22)41)18-6-2-16(34)3-7-18)24(21)15-32(35)30(43)39(31(44)33(27,32)36)19-8-4-17(37)5-9-19/h2-11,13-14,22,24,26-27,40H,12,15H2,1H3/t22-,24+,26-,27+,32+,33-/m0/s1. The Morgan fingerprint density at radius 1 is 0.889 bits per heavy atom. The summed E-state index contributed by atoms with van der Waals surface area (Å²) >= 11 is 18.1. The van der Waals surface area contributed by atoms with Crippen molar-refractivity contribution in [1.29, 1.82) is 0 Å². The fourth-order valence-corrected chi connectivity index (χ4v) is 8.67. The summed E-state index contributed by atoms with van der Waals surface area (Å²) in [6, 6.07) is 16.0. The largest absolute Gasteiger partial charge is 0.508 e. The lowest BCUT2D eigenvalue weighted by molar-refractivity contribution is -0.125. The van der Waals surface area contributed by atoms with Gasteiger partial charge in [0, 0.05) is 16.0 Å². The Hall–Kier alpha value is -3.73. The third-order valence-corrected chi connectivity index (χ3v) is 11.5. The maximum absolute atomic E-state index is 14.4. The highest BCUT2D eigenvalue weighted by Gasteiger charge is 2.77. The summed E-state index contributed by atoms with van der Waals surface area (Å²) in [6.07, 6.45) is 1.72. The quantitative estimate of drug-likeness (QED) is 0.200. The molecular formula is C33H24BrCl2FN2O6. The number of methoxy groups -OCH3 is 1. The number of aromatic hydroxyl groups is 1. The number of hydrogen-bond donors (Lipinski definition) is 1. The molecule has 3 aromatic carbocycles. The summed E-state index contributed by atoms with van der Waals surface area (Å²) in [5, 5.41) is 11.2. The Morgan fingerprint density at radius 2 is 1.53 bits per heavy atom. The fraction of sp³-hybridized carbons (Fsp3) is 0.273. The number of ether oxygens (including phenoxy) is 1. The van der Waals surface area contributed by atoms with Crippen LogP contribution in [-0.4, -0.2) is 45.6 Å². The molecule has 2 heterocycles. The molecule has 230 valence electrons. The normalized spacial score (nSPS) is 30.6. The van der Waals surface area contributed by atoms with Gasteiger partial charge >= 0.3 is 0 Å². The molecule has 0 unspecified atom stereocenters. The highest BCUT2D eigenvalue weighted by Crippen LogP contribution is 2.66. The molecule has 12 heteroatoms. The molecule has 0 aromatic heterocycles. The zero-order valence-electron chi connectivity index (χ0n) is 23.5. The topological polar surface area (TPSA) is 104 Å². The molecule has 0 radical (unpaired) electrons. The first-order valence-corrected chi connectivity index (χ1v) is 15.7. The molecule has 2 aliphatic carbocycles. The lowest BCUT2D eigenvalue weighted by Crippen LogP contribution is -2.60. The highest BCUT2D eigenvalue weighted by molar-refractivity contribution is 9.10. The number of carbonyl (C=O) groups is 4. The van der Waals surface area contributed by atoms with E-state index in [0.717, 1.165) is 26.4 Å². The summed E-state index contributed by atoms with van der Waals surface area (Å²) in [5.41, 5.74) is 1.17. The smallest absolute Gasteiger partial charge is 0.258 e. The maximum Gasteiger partial charge on any atom is 0.258 e. The van der Waals surface area contributed by atoms with Crippen LogP contribution in [0.4, 0.5) is 15.8 Å². The Balaban J connectivity index is 1.41. The number of nitrogens with zero attached hydrogens (tertiary/aromatic N) is 2. The zero-order valence-corrected chi connectivity index (χ0v) is 26.6. The lowest BCUT2D eigenvalue weighted by atomic mass is 9.56. The van der Waals surface area contributed by atoms with E-state index in [9.17, 15) is 28.7 Å². The number of alkyl halides is 2. The lowest BCUT2D eigenvalue weighted by Gasteiger charge is -2.50. The number of benzene rings is 3. The number of phenolic OH excluding ortho intramolecular Hbond substituents is 1. The fourth-order valence-electron chi connectivity index (χ4n) is 7.48. The Kier molecular flexibility index (Phi) is 6.92. The number of anilines is 2. The Morgan fingerprint density at radius 3 is 2.20 bits per heavy atom. The van der Waals surface area contributed by atoms with Crippen molar-refractivity contribution in [3.63, 3.8) is 0 Å². The van der Waals surface area contributed by atoms with Crippen LogP contribution in [0.1, 0.15) is 24.3 Å². The number of imide groups is 2. The number of fused-ring (bicyclic) bond motifs is 4. The van der Waals surface area contributed by atoms with Gasteiger partial charge in [-0.1, -0.05) is 27.6 Å². The number of carbonyl (C=O) groups excluding carboxylic acids is 4. The van der Waals surface area contributed by atoms with Gasteiger partial charge in [0.2, 0.25) is 11.8 Å². The molecular weight excluding hydrogens is 690 g/mol. The molecule has 4 aliphatic rings. The highest BCUT2D eigenvalue weighted by atomic mass is 79.9. The summed E-state index contributed by atoms with van der Waals surface area (Å²) in [6.45, 7) is 0. The number of allylic oxidation sites excluding steroid dienone is 2. The average molecular weight is 714 g/mol. The van der Waals surface area contributed by atoms with Crippen molar-refractivity contribution in [3.05, 3.63) is 94.2 Å². The molecule has 3 fully saturated rings. The summed E-state index contributed by atoms with van der Waals surface area (Å²) in [7, 11) is 1.44. The van der Waals surface area contributed by atoms with Crippen molar-refractivity contribution in [2.75, 3.05) is 16.9 Å². The second-order valence-electron chi connectivity index (χ2n) is 11.7. The van der Waals surface area contributed by atoms with E-state index in [4.69, 9.17) is 27.9 Å². The number of amides is 4. The van der Waals surface area contributed by atoms with Crippen LogP contribution < -0.4 is 14.5 Å². The number of hydrogen-bond acceptors (Lipinski definition) is 6. The van der Waals surface area contributed by atoms with E-state index >= 15 is 0 Å². The van der Waals surface area contributed by atoms with Crippen LogP contribution >= 0.6 is 39.1 Å². The van der Waals surface area contributed by atoms with Gasteiger partial charge in [0.15, 0.2) is 9.75 Å². The Bertz CT molecular complexity index is 1840. The van der Waals surface area contributed by atoms with Crippen LogP contribution in [0.5, 0.6) is 11.5 Å². The number of halogens is 4. The molecule has 1 N–H and O–H groups in total. The second kappa shape index (κ2) is 10.4. The van der Waals surface area contributed by atoms with Crippen LogP contribution in [0.15, 0.2) is 82.9 Å². The van der Waals surface area contributed by atoms with Crippen LogP contribution in [0, 0.1) is 23.6 Å². The first kappa shape index (κ1) is 30.0. The van der Waals surface area contributed by atoms with Gasteiger partial charge < -0.3 is 9.84 Å². The monoisotopic (exact) mass is 712 g/mol. The minimum Gasteiger partial charge on any atom is -0.508 e. The zero-order chi connectivity index (χ0) is 32.0. The minimum absolute atomic E-state index is 0.0674. The van der Waals surface area contributed by atoms with Crippen molar-refractivity contribution in [3.8, 4) is 11.5 Å². The SMILES string of the molecule is COc1ccc(O)c([C@H]2C3=CC[C@@H]4C(=O)N(c5ccc(Br)cc5)C(=O)[C@@H]4[C@@H]3C[C@@]3(Cl)C(=O)N(c4ccc(F)cc4)C(=O)[C@@]23Cl)c1. The van der Waals surface area contributed by atoms with Gasteiger partial charge in [-0.2, -0.15) is 0 Å². The predicted molar refractivity (Wildman–Crippen MR) is 168 cm³/mol. The maximum atomic E-state index is 14.4. The van der Waals surface area contributed by atoms with E-state index in [0.29, 0.717) is 17.0 Å². The molecule has 6 atom stereocenters. The van der Waals surface area contributed by atoms with Crippen LogP contribution in [0.2, 0.25) is 0 Å². The summed E-state index contributed by atoms with van der Waals surface area (Å²) in [5.74, 6) is -6.60. The molecule has 0 bridgehead atoms. The molecule has 1 saturated carbocycles. The molecule has 45 heavy (non-hydrogen) atoms. The van der Waals surface area contributed by atoms with E-state index in [-0.39, 0.29) is 35.7 Å². The van der Waals surface area contributed by atoms with Crippen LogP contribution in [0.25, 0.3) is 0 Å². The molecule has 8 nitrogen and oxygen atoms in total. The summed E-state index contributed by atoms with van der Waals surface area (Å²) < 4.78 is 20.0. The first-order valence-electron chi connectivity index (χ1n) is 14.1. The number of rotatable bonds is 4. The van der Waals surface area contributed by atoms with Gasteiger partial charge in [-0.25, -0.2) is 9.29 Å². The van der Waals surface area contributed by atoms with Crippen molar-refractivity contribution < 1.29 is 33.4 Å². The van der Waals surface area contributed by atoms with E-state index in [2.05, 4.69) is 15.9 Å². The van der Waals surface area contributed by atoms with Gasteiger partial charge in [-0.15, -0.1) is 23.2 Å². The molecule has 3 aromatic rings. The molecule has 2 saturated heterocycles. The molecule has 7 rings (SSSR count). The first-order chi connectivity index (χ1) is 21.4. The van der Waals surface area contributed by atoms with Crippen LogP contribution in [0.3, 0.4) is 0 Å². The predicted octanol–water partition coefficient (Wildman–Crippen LogP) is 6.07. The van der Waals surface area contributed by atoms with Gasteiger partial charge in [-0.05, 0) is 85.5 Å². The number of phenols is 1. The Labute approximate surface area is 275 Å². The van der Waals surface area contributed by atoms with Crippen molar-refractivity contribution in [1.82, 2.24) is 0 Å². The van der Waals surface area contributed by atoms with E-state index in [1.165, 1.54) is 37.4 Å². The van der Waals surface area contributed by atoms with Crippen LogP contribution in [-0.2, 0) is 19.2 Å². The van der Waals surface area contributed by atoms with Gasteiger partial charge in [-0.3, -0.25) is 24.1 Å². The van der Waals surface area contributed by atoms with Gasteiger partial charge in [0.25, 0.3) is 11.8 Å². The van der Waals surface area contributed by atoms with Gasteiger partial charge in [0.05, 0.1) is 30.3 Å².